The molecule has 26 heavy (non-hydrogen) atoms. The van der Waals surface area contributed by atoms with Gasteiger partial charge in [-0.15, -0.1) is 0 Å². The molecule has 0 aliphatic carbocycles. The van der Waals surface area contributed by atoms with E-state index in [1.54, 1.807) is 21.8 Å². The van der Waals surface area contributed by atoms with E-state index < -0.39 is 11.6 Å². The summed E-state index contributed by atoms with van der Waals surface area (Å²) in [6, 6.07) is 3.87. The van der Waals surface area contributed by atoms with Crippen LogP contribution < -0.4 is 4.90 Å². The molecule has 1 aliphatic rings. The Labute approximate surface area is 152 Å². The maximum Gasteiger partial charge on any atom is 0.272 e. The molecule has 1 fully saturated rings. The van der Waals surface area contributed by atoms with Crippen molar-refractivity contribution in [2.75, 3.05) is 31.1 Å². The molecule has 0 bridgehead atoms. The summed E-state index contributed by atoms with van der Waals surface area (Å²) in [4.78, 5) is 20.7. The van der Waals surface area contributed by atoms with Crippen LogP contribution in [0.3, 0.4) is 0 Å². The molecule has 2 aromatic heterocycles. The van der Waals surface area contributed by atoms with Crippen LogP contribution in [0.5, 0.6) is 0 Å². The van der Waals surface area contributed by atoms with Gasteiger partial charge in [0.15, 0.2) is 10.9 Å². The Balaban J connectivity index is 1.48. The van der Waals surface area contributed by atoms with Gasteiger partial charge in [-0.2, -0.15) is 5.10 Å². The predicted octanol–water partition coefficient (Wildman–Crippen LogP) is 2.75. The van der Waals surface area contributed by atoms with Gasteiger partial charge in [-0.1, -0.05) is 11.3 Å². The smallest absolute Gasteiger partial charge is 0.272 e. The standard InChI is InChI=1S/C17H17F2N5OS/c1-2-24-13(3-4-20-24)16(25)22-5-7-23(8-6-22)17-21-15-12(19)9-11(18)10-14(15)26-17/h3-4,9-10H,2,5-8H2,1H3. The lowest BCUT2D eigenvalue weighted by molar-refractivity contribution is 0.0734. The van der Waals surface area contributed by atoms with E-state index in [2.05, 4.69) is 10.1 Å². The number of aromatic nitrogens is 3. The van der Waals surface area contributed by atoms with E-state index in [1.165, 1.54) is 17.4 Å². The van der Waals surface area contributed by atoms with Crippen LogP contribution in [0.1, 0.15) is 17.4 Å². The third kappa shape index (κ3) is 2.92. The molecule has 1 aliphatic heterocycles. The van der Waals surface area contributed by atoms with Crippen molar-refractivity contribution in [2.45, 2.75) is 13.5 Å². The Kier molecular flexibility index (Phi) is 4.31. The minimum atomic E-state index is -0.649. The van der Waals surface area contributed by atoms with Crippen LogP contribution in [0.2, 0.25) is 0 Å². The maximum atomic E-state index is 13.8. The van der Waals surface area contributed by atoms with Crippen LogP contribution >= 0.6 is 11.3 Å². The monoisotopic (exact) mass is 377 g/mol. The summed E-state index contributed by atoms with van der Waals surface area (Å²) in [5.41, 5.74) is 0.773. The Bertz CT molecular complexity index is 961. The highest BCUT2D eigenvalue weighted by molar-refractivity contribution is 7.22. The highest BCUT2D eigenvalue weighted by Gasteiger charge is 2.26. The Morgan fingerprint density at radius 2 is 2.00 bits per heavy atom. The zero-order chi connectivity index (χ0) is 18.3. The Hall–Kier alpha value is -2.55. The average Bonchev–Trinajstić information content (AvgIpc) is 3.28. The van der Waals surface area contributed by atoms with Gasteiger partial charge < -0.3 is 9.80 Å². The van der Waals surface area contributed by atoms with E-state index in [4.69, 9.17) is 0 Å². The number of carbonyl (C=O) groups excluding carboxylic acids is 1. The van der Waals surface area contributed by atoms with Crippen molar-refractivity contribution < 1.29 is 13.6 Å². The summed E-state index contributed by atoms with van der Waals surface area (Å²) < 4.78 is 29.4. The first-order chi connectivity index (χ1) is 12.6. The summed E-state index contributed by atoms with van der Waals surface area (Å²) in [5, 5.41) is 4.79. The van der Waals surface area contributed by atoms with Crippen LogP contribution in [0.4, 0.5) is 13.9 Å². The van der Waals surface area contributed by atoms with Gasteiger partial charge in [0.2, 0.25) is 0 Å². The molecule has 1 saturated heterocycles. The second-order valence-electron chi connectivity index (χ2n) is 6.04. The molecule has 0 atom stereocenters. The number of rotatable bonds is 3. The number of thiazole rings is 1. The zero-order valence-electron chi connectivity index (χ0n) is 14.2. The van der Waals surface area contributed by atoms with Crippen LogP contribution in [-0.4, -0.2) is 51.8 Å². The van der Waals surface area contributed by atoms with Crippen molar-refractivity contribution in [3.05, 3.63) is 41.7 Å². The number of carbonyl (C=O) groups is 1. The van der Waals surface area contributed by atoms with Gasteiger partial charge in [-0.05, 0) is 19.1 Å². The number of hydrogen-bond acceptors (Lipinski definition) is 5. The van der Waals surface area contributed by atoms with E-state index in [9.17, 15) is 13.6 Å². The lowest BCUT2D eigenvalue weighted by Gasteiger charge is -2.34. The van der Waals surface area contributed by atoms with Crippen molar-refractivity contribution >= 4 is 32.6 Å². The van der Waals surface area contributed by atoms with E-state index in [0.717, 1.165) is 6.07 Å². The molecular formula is C17H17F2N5OS. The molecule has 0 radical (unpaired) electrons. The quantitative estimate of drug-likeness (QED) is 0.704. The lowest BCUT2D eigenvalue weighted by atomic mass is 10.3. The molecule has 4 rings (SSSR count). The van der Waals surface area contributed by atoms with E-state index in [0.29, 0.717) is 48.2 Å². The van der Waals surface area contributed by atoms with Crippen LogP contribution in [0.15, 0.2) is 24.4 Å². The van der Waals surface area contributed by atoms with E-state index >= 15 is 0 Å². The number of piperazine rings is 1. The second-order valence-corrected chi connectivity index (χ2v) is 7.05. The minimum Gasteiger partial charge on any atom is -0.345 e. The van der Waals surface area contributed by atoms with Crippen molar-refractivity contribution in [1.82, 2.24) is 19.7 Å². The predicted molar refractivity (Wildman–Crippen MR) is 95.6 cm³/mol. The number of benzene rings is 1. The van der Waals surface area contributed by atoms with E-state index in [-0.39, 0.29) is 11.4 Å². The van der Waals surface area contributed by atoms with Crippen molar-refractivity contribution in [3.63, 3.8) is 0 Å². The molecule has 0 spiro atoms. The number of anilines is 1. The Morgan fingerprint density at radius 3 is 2.73 bits per heavy atom. The highest BCUT2D eigenvalue weighted by Crippen LogP contribution is 2.31. The van der Waals surface area contributed by atoms with Gasteiger partial charge in [-0.25, -0.2) is 13.8 Å². The first-order valence-electron chi connectivity index (χ1n) is 8.38. The van der Waals surface area contributed by atoms with Crippen LogP contribution in [-0.2, 0) is 6.54 Å². The van der Waals surface area contributed by atoms with Gasteiger partial charge in [0, 0.05) is 45.0 Å². The van der Waals surface area contributed by atoms with Gasteiger partial charge in [0.05, 0.1) is 4.70 Å². The molecule has 1 aromatic carbocycles. The molecule has 0 saturated carbocycles. The number of hydrogen-bond donors (Lipinski definition) is 0. The first kappa shape index (κ1) is 16.9. The first-order valence-corrected chi connectivity index (χ1v) is 9.20. The number of halogens is 2. The zero-order valence-corrected chi connectivity index (χ0v) is 15.0. The summed E-state index contributed by atoms with van der Waals surface area (Å²) in [6.45, 7) is 4.85. The average molecular weight is 377 g/mol. The SMILES string of the molecule is CCn1nccc1C(=O)N1CCN(c2nc3c(F)cc(F)cc3s2)CC1. The van der Waals surface area contributed by atoms with Crippen molar-refractivity contribution in [3.8, 4) is 0 Å². The molecule has 0 unspecified atom stereocenters. The van der Waals surface area contributed by atoms with Gasteiger partial charge in [0.25, 0.3) is 5.91 Å². The fraction of sp³-hybridized carbons (Fsp3) is 0.353. The number of nitrogens with zero attached hydrogens (tertiary/aromatic N) is 5. The summed E-state index contributed by atoms with van der Waals surface area (Å²) in [7, 11) is 0. The summed E-state index contributed by atoms with van der Waals surface area (Å²) in [5.74, 6) is -1.29. The number of amides is 1. The largest absolute Gasteiger partial charge is 0.345 e. The van der Waals surface area contributed by atoms with Gasteiger partial charge in [0.1, 0.15) is 17.0 Å². The molecule has 9 heteroatoms. The number of aryl methyl sites for hydroxylation is 1. The third-order valence-electron chi connectivity index (χ3n) is 4.47. The molecular weight excluding hydrogens is 360 g/mol. The Morgan fingerprint density at radius 1 is 1.23 bits per heavy atom. The normalized spacial score (nSPS) is 15.0. The third-order valence-corrected chi connectivity index (χ3v) is 5.54. The maximum absolute atomic E-state index is 13.8. The molecule has 1 amide bonds. The fourth-order valence-corrected chi connectivity index (χ4v) is 4.17. The highest BCUT2D eigenvalue weighted by atomic mass is 32.1. The second kappa shape index (κ2) is 6.64. The number of fused-ring (bicyclic) bond motifs is 1. The minimum absolute atomic E-state index is 0.0404. The van der Waals surface area contributed by atoms with Crippen molar-refractivity contribution in [1.29, 1.82) is 0 Å². The van der Waals surface area contributed by atoms with Crippen molar-refractivity contribution in [2.24, 2.45) is 0 Å². The fourth-order valence-electron chi connectivity index (χ4n) is 3.11. The van der Waals surface area contributed by atoms with Gasteiger partial charge >= 0.3 is 0 Å². The van der Waals surface area contributed by atoms with E-state index in [1.807, 2.05) is 11.8 Å². The molecule has 0 N–H and O–H groups in total. The topological polar surface area (TPSA) is 54.3 Å². The lowest BCUT2D eigenvalue weighted by Crippen LogP contribution is -2.49. The van der Waals surface area contributed by atoms with Crippen LogP contribution in [0, 0.1) is 11.6 Å². The molecule has 3 heterocycles. The van der Waals surface area contributed by atoms with Gasteiger partial charge in [-0.3, -0.25) is 9.48 Å². The molecule has 3 aromatic rings. The molecule has 136 valence electrons. The summed E-state index contributed by atoms with van der Waals surface area (Å²) in [6.07, 6.45) is 1.63. The summed E-state index contributed by atoms with van der Waals surface area (Å²) >= 11 is 1.26. The molecule has 6 nitrogen and oxygen atoms in total. The van der Waals surface area contributed by atoms with Crippen LogP contribution in [0.25, 0.3) is 10.2 Å².